The van der Waals surface area contributed by atoms with Crippen LogP contribution in [0.25, 0.3) is 0 Å². The number of nitrogens with zero attached hydrogens (tertiary/aromatic N) is 1. The Bertz CT molecular complexity index is 448. The summed E-state index contributed by atoms with van der Waals surface area (Å²) in [6.07, 6.45) is -4.90. The lowest BCUT2D eigenvalue weighted by molar-refractivity contribution is -0.275. The minimum Gasteiger partial charge on any atom is -0.491 e. The van der Waals surface area contributed by atoms with Crippen LogP contribution in [-0.4, -0.2) is 23.7 Å². The molecule has 94 valence electrons. The summed E-state index contributed by atoms with van der Waals surface area (Å²) in [6, 6.07) is 0.772. The van der Waals surface area contributed by atoms with E-state index in [-0.39, 0.29) is 17.1 Å². The Morgan fingerprint density at radius 1 is 1.47 bits per heavy atom. The third-order valence-electron chi connectivity index (χ3n) is 1.74. The number of methoxy groups -OCH3 is 1. The number of aryl methyl sites for hydroxylation is 1. The van der Waals surface area contributed by atoms with Crippen molar-refractivity contribution in [1.29, 1.82) is 0 Å². The summed E-state index contributed by atoms with van der Waals surface area (Å²) < 4.78 is 44.8. The second kappa shape index (κ2) is 4.79. The summed E-state index contributed by atoms with van der Waals surface area (Å²) in [7, 11) is 1.16. The second-order valence-corrected chi connectivity index (χ2v) is 3.29. The molecule has 0 fully saturated rings. The van der Waals surface area contributed by atoms with Crippen LogP contribution in [0.1, 0.15) is 16.2 Å². The maximum absolute atomic E-state index is 12.1. The van der Waals surface area contributed by atoms with Gasteiger partial charge in [-0.05, 0) is 18.5 Å². The van der Waals surface area contributed by atoms with Crippen molar-refractivity contribution in [1.82, 2.24) is 4.98 Å². The fraction of sp³-hybridized carbons (Fsp3) is 0.333. The van der Waals surface area contributed by atoms with Gasteiger partial charge in [0, 0.05) is 6.07 Å². The molecule has 0 N–H and O–H groups in total. The number of hydrogen-bond acceptors (Lipinski definition) is 4. The van der Waals surface area contributed by atoms with Crippen LogP contribution in [0.3, 0.4) is 0 Å². The average molecular weight is 270 g/mol. The molecule has 0 saturated carbocycles. The summed E-state index contributed by atoms with van der Waals surface area (Å²) in [5.74, 6) is -0.861. The highest BCUT2D eigenvalue weighted by Crippen LogP contribution is 2.34. The van der Waals surface area contributed by atoms with Crippen LogP contribution in [0.15, 0.2) is 6.07 Å². The quantitative estimate of drug-likeness (QED) is 0.792. The van der Waals surface area contributed by atoms with Gasteiger partial charge in [-0.2, -0.15) is 0 Å². The van der Waals surface area contributed by atoms with Gasteiger partial charge in [-0.15, -0.1) is 13.2 Å². The first-order valence-corrected chi connectivity index (χ1v) is 4.63. The third-order valence-corrected chi connectivity index (χ3v) is 1.93. The van der Waals surface area contributed by atoms with Crippen molar-refractivity contribution < 1.29 is 27.4 Å². The molecule has 1 heterocycles. The molecule has 1 aromatic heterocycles. The summed E-state index contributed by atoms with van der Waals surface area (Å²) in [6.45, 7) is 1.37. The number of carbonyl (C=O) groups is 1. The van der Waals surface area contributed by atoms with Crippen LogP contribution in [0.5, 0.6) is 11.5 Å². The van der Waals surface area contributed by atoms with Gasteiger partial charge in [0.15, 0.2) is 11.5 Å². The topological polar surface area (TPSA) is 48.4 Å². The molecule has 0 aliphatic heterocycles. The molecule has 0 bridgehead atoms. The number of halogens is 4. The lowest BCUT2D eigenvalue weighted by Crippen LogP contribution is -2.18. The first-order chi connectivity index (χ1) is 7.74. The Kier molecular flexibility index (Phi) is 3.82. The Hall–Kier alpha value is -1.50. The number of rotatable bonds is 3. The largest absolute Gasteiger partial charge is 0.573 e. The maximum atomic E-state index is 12.1. The second-order valence-electron chi connectivity index (χ2n) is 2.95. The van der Waals surface area contributed by atoms with E-state index in [9.17, 15) is 18.0 Å². The number of aromatic nitrogens is 1. The van der Waals surface area contributed by atoms with E-state index in [4.69, 9.17) is 16.3 Å². The van der Waals surface area contributed by atoms with Crippen LogP contribution >= 0.6 is 11.6 Å². The Labute approximate surface area is 99.3 Å². The molecule has 1 aromatic rings. The van der Waals surface area contributed by atoms with Crippen molar-refractivity contribution in [2.24, 2.45) is 0 Å². The van der Waals surface area contributed by atoms with Crippen LogP contribution in [0.2, 0.25) is 0 Å². The van der Waals surface area contributed by atoms with Crippen molar-refractivity contribution in [3.8, 4) is 11.5 Å². The summed E-state index contributed by atoms with van der Waals surface area (Å²) in [5, 5.41) is -0.984. The Morgan fingerprint density at radius 3 is 2.47 bits per heavy atom. The zero-order valence-corrected chi connectivity index (χ0v) is 9.52. The first-order valence-electron chi connectivity index (χ1n) is 4.26. The fourth-order valence-electron chi connectivity index (χ4n) is 1.18. The van der Waals surface area contributed by atoms with E-state index >= 15 is 0 Å². The molecule has 17 heavy (non-hydrogen) atoms. The first kappa shape index (κ1) is 13.6. The number of carbonyl (C=O) groups excluding carboxylic acids is 1. The fourth-order valence-corrected chi connectivity index (χ4v) is 1.28. The molecule has 0 aromatic carbocycles. The predicted molar refractivity (Wildman–Crippen MR) is 52.4 cm³/mol. The molecule has 1 rings (SSSR count). The molecular formula is C9H7ClF3NO3. The molecule has 0 aliphatic carbocycles. The Balaban J connectivity index is 3.29. The standard InChI is InChI=1S/C9H7ClF3NO3/c1-4-7(16-2)6(17-9(11,12)13)3-5(14-4)8(10)15/h3H,1-2H3. The summed E-state index contributed by atoms with van der Waals surface area (Å²) in [4.78, 5) is 14.5. The van der Waals surface area contributed by atoms with Gasteiger partial charge in [-0.25, -0.2) is 4.98 Å². The normalized spacial score (nSPS) is 11.2. The van der Waals surface area contributed by atoms with E-state index in [1.807, 2.05) is 0 Å². The number of ether oxygens (including phenoxy) is 2. The summed E-state index contributed by atoms with van der Waals surface area (Å²) >= 11 is 5.13. The highest BCUT2D eigenvalue weighted by Gasteiger charge is 2.33. The van der Waals surface area contributed by atoms with Crippen molar-refractivity contribution in [3.05, 3.63) is 17.5 Å². The van der Waals surface area contributed by atoms with Gasteiger partial charge >= 0.3 is 6.36 Å². The van der Waals surface area contributed by atoms with Crippen LogP contribution in [-0.2, 0) is 0 Å². The molecule has 4 nitrogen and oxygen atoms in total. The van der Waals surface area contributed by atoms with E-state index in [1.165, 1.54) is 6.92 Å². The van der Waals surface area contributed by atoms with E-state index in [2.05, 4.69) is 9.72 Å². The van der Waals surface area contributed by atoms with Gasteiger partial charge in [-0.1, -0.05) is 0 Å². The van der Waals surface area contributed by atoms with E-state index in [1.54, 1.807) is 0 Å². The molecule has 0 unspecified atom stereocenters. The van der Waals surface area contributed by atoms with Gasteiger partial charge in [0.2, 0.25) is 0 Å². The number of pyridine rings is 1. The number of hydrogen-bond donors (Lipinski definition) is 0. The SMILES string of the molecule is COc1c(OC(F)(F)F)cc(C(=O)Cl)nc1C. The zero-order valence-electron chi connectivity index (χ0n) is 8.76. The number of alkyl halides is 3. The highest BCUT2D eigenvalue weighted by atomic mass is 35.5. The van der Waals surface area contributed by atoms with Crippen LogP contribution in [0, 0.1) is 6.92 Å². The molecule has 0 atom stereocenters. The molecule has 0 aliphatic rings. The lowest BCUT2D eigenvalue weighted by atomic mass is 10.2. The zero-order chi connectivity index (χ0) is 13.2. The van der Waals surface area contributed by atoms with Crippen molar-refractivity contribution in [2.75, 3.05) is 7.11 Å². The minimum absolute atomic E-state index is 0.0678. The maximum Gasteiger partial charge on any atom is 0.573 e. The van der Waals surface area contributed by atoms with Crippen LogP contribution < -0.4 is 9.47 Å². The predicted octanol–water partition coefficient (Wildman–Crippen LogP) is 2.68. The monoisotopic (exact) mass is 269 g/mol. The highest BCUT2D eigenvalue weighted by molar-refractivity contribution is 6.67. The average Bonchev–Trinajstić information content (AvgIpc) is 2.14. The van der Waals surface area contributed by atoms with Gasteiger partial charge in [0.05, 0.1) is 12.8 Å². The smallest absolute Gasteiger partial charge is 0.491 e. The molecular weight excluding hydrogens is 263 g/mol. The van der Waals surface area contributed by atoms with E-state index in [0.29, 0.717) is 0 Å². The molecule has 0 radical (unpaired) electrons. The minimum atomic E-state index is -4.90. The lowest BCUT2D eigenvalue weighted by Gasteiger charge is -2.14. The molecule has 0 spiro atoms. The van der Waals surface area contributed by atoms with Gasteiger partial charge in [0.1, 0.15) is 5.69 Å². The third kappa shape index (κ3) is 3.48. The van der Waals surface area contributed by atoms with Crippen molar-refractivity contribution in [2.45, 2.75) is 13.3 Å². The summed E-state index contributed by atoms with van der Waals surface area (Å²) in [5.41, 5.74) is -0.275. The van der Waals surface area contributed by atoms with E-state index in [0.717, 1.165) is 13.2 Å². The van der Waals surface area contributed by atoms with Gasteiger partial charge in [-0.3, -0.25) is 4.79 Å². The van der Waals surface area contributed by atoms with E-state index < -0.39 is 17.4 Å². The van der Waals surface area contributed by atoms with Gasteiger partial charge in [0.25, 0.3) is 5.24 Å². The molecule has 0 amide bonds. The van der Waals surface area contributed by atoms with Gasteiger partial charge < -0.3 is 9.47 Å². The van der Waals surface area contributed by atoms with Crippen molar-refractivity contribution >= 4 is 16.8 Å². The van der Waals surface area contributed by atoms with Crippen LogP contribution in [0.4, 0.5) is 13.2 Å². The Morgan fingerprint density at radius 2 is 2.06 bits per heavy atom. The molecule has 0 saturated heterocycles. The van der Waals surface area contributed by atoms with Crippen molar-refractivity contribution in [3.63, 3.8) is 0 Å². The molecule has 8 heteroatoms.